The van der Waals surface area contributed by atoms with Crippen molar-refractivity contribution in [3.8, 4) is 11.5 Å². The van der Waals surface area contributed by atoms with E-state index < -0.39 is 0 Å². The fourth-order valence-electron chi connectivity index (χ4n) is 4.16. The minimum atomic E-state index is -0.0924. The van der Waals surface area contributed by atoms with Crippen molar-refractivity contribution < 1.29 is 19.0 Å². The number of Topliss-reactive ketones (excluding diaryl/α,β-unsaturated/α-hetero) is 1. The molecule has 0 amide bonds. The highest BCUT2D eigenvalue weighted by atomic mass is 16.5. The number of benzene rings is 1. The number of hydrogen-bond donors (Lipinski definition) is 0. The predicted molar refractivity (Wildman–Crippen MR) is 112 cm³/mol. The molecule has 30 heavy (non-hydrogen) atoms. The van der Waals surface area contributed by atoms with Crippen molar-refractivity contribution >= 4 is 11.9 Å². The van der Waals surface area contributed by atoms with E-state index >= 15 is 0 Å². The minimum absolute atomic E-state index is 0.0924. The number of morpholine rings is 1. The van der Waals surface area contributed by atoms with Crippen LogP contribution in [0.2, 0.25) is 0 Å². The molecule has 1 aromatic carbocycles. The molecule has 0 saturated carbocycles. The molecule has 1 fully saturated rings. The Morgan fingerprint density at radius 3 is 2.80 bits per heavy atom. The number of fused-ring (bicyclic) bond motifs is 2. The van der Waals surface area contributed by atoms with E-state index in [4.69, 9.17) is 14.2 Å². The van der Waals surface area contributed by atoms with Gasteiger partial charge in [0.05, 0.1) is 18.8 Å². The van der Waals surface area contributed by atoms with Crippen molar-refractivity contribution in [2.45, 2.75) is 13.5 Å². The molecule has 156 valence electrons. The van der Waals surface area contributed by atoms with E-state index in [1.165, 1.54) is 0 Å². The first-order chi connectivity index (χ1) is 14.7. The third-order valence-corrected chi connectivity index (χ3v) is 5.82. The molecule has 0 radical (unpaired) electrons. The van der Waals surface area contributed by atoms with Crippen molar-refractivity contribution in [1.82, 2.24) is 14.8 Å². The highest BCUT2D eigenvalue weighted by Gasteiger charge is 2.33. The first-order valence-corrected chi connectivity index (χ1v) is 10.3. The predicted octanol–water partition coefficient (Wildman–Crippen LogP) is 2.49. The van der Waals surface area contributed by atoms with Crippen LogP contribution in [0.5, 0.6) is 11.5 Å². The number of carbonyl (C=O) groups is 1. The summed E-state index contributed by atoms with van der Waals surface area (Å²) in [4.78, 5) is 21.8. The zero-order chi connectivity index (χ0) is 20.5. The summed E-state index contributed by atoms with van der Waals surface area (Å²) >= 11 is 0. The third-order valence-electron chi connectivity index (χ3n) is 5.82. The van der Waals surface area contributed by atoms with Crippen LogP contribution >= 0.6 is 0 Å². The summed E-state index contributed by atoms with van der Waals surface area (Å²) in [6.45, 7) is 8.76. The van der Waals surface area contributed by atoms with E-state index in [1.807, 2.05) is 25.1 Å². The van der Waals surface area contributed by atoms with Crippen LogP contribution in [0.3, 0.4) is 0 Å². The standard InChI is InChI=1S/C23H25N3O4/c1-16-22-18(14-26(15-29-22)6-5-25-7-9-28-10-8-25)12-19-21(27)20(30-23(16)19)11-17-3-2-4-24-13-17/h2-4,11-13H,5-10,14-15H2,1H3/b20-11-. The van der Waals surface area contributed by atoms with Gasteiger partial charge in [-0.1, -0.05) is 6.07 Å². The van der Waals surface area contributed by atoms with Crippen LogP contribution in [0.4, 0.5) is 0 Å². The Kier molecular flexibility index (Phi) is 5.25. The normalized spacial score (nSPS) is 20.6. The summed E-state index contributed by atoms with van der Waals surface area (Å²) in [7, 11) is 0. The van der Waals surface area contributed by atoms with E-state index in [2.05, 4.69) is 14.8 Å². The molecule has 3 aliphatic rings. The summed E-state index contributed by atoms with van der Waals surface area (Å²) in [5.74, 6) is 1.68. The van der Waals surface area contributed by atoms with Crippen LogP contribution in [-0.4, -0.2) is 66.7 Å². The van der Waals surface area contributed by atoms with Gasteiger partial charge in [-0.15, -0.1) is 0 Å². The van der Waals surface area contributed by atoms with Gasteiger partial charge in [0.1, 0.15) is 18.2 Å². The molecule has 0 aliphatic carbocycles. The lowest BCUT2D eigenvalue weighted by atomic mass is 10.00. The Bertz CT molecular complexity index is 984. The molecule has 0 atom stereocenters. The first kappa shape index (κ1) is 19.2. The Balaban J connectivity index is 1.34. The summed E-state index contributed by atoms with van der Waals surface area (Å²) in [5.41, 5.74) is 3.37. The zero-order valence-corrected chi connectivity index (χ0v) is 17.1. The van der Waals surface area contributed by atoms with Gasteiger partial charge in [-0.2, -0.15) is 0 Å². The van der Waals surface area contributed by atoms with Crippen molar-refractivity contribution in [3.05, 3.63) is 58.6 Å². The van der Waals surface area contributed by atoms with E-state index in [0.29, 0.717) is 23.8 Å². The number of allylic oxidation sites excluding steroid dienone is 1. The number of ketones is 1. The maximum atomic E-state index is 13.0. The number of nitrogens with zero attached hydrogens (tertiary/aromatic N) is 3. The molecule has 7 heteroatoms. The van der Waals surface area contributed by atoms with E-state index in [0.717, 1.165) is 68.4 Å². The van der Waals surface area contributed by atoms with Gasteiger partial charge in [0.2, 0.25) is 5.78 Å². The molecule has 0 spiro atoms. The van der Waals surface area contributed by atoms with E-state index in [9.17, 15) is 4.79 Å². The van der Waals surface area contributed by atoms with Crippen LogP contribution in [-0.2, 0) is 11.3 Å². The van der Waals surface area contributed by atoms with Crippen LogP contribution in [0.25, 0.3) is 6.08 Å². The van der Waals surface area contributed by atoms with Crippen molar-refractivity contribution in [2.24, 2.45) is 0 Å². The molecule has 1 saturated heterocycles. The average molecular weight is 407 g/mol. The number of ether oxygens (including phenoxy) is 3. The maximum Gasteiger partial charge on any atom is 0.231 e. The summed E-state index contributed by atoms with van der Waals surface area (Å²) in [5, 5.41) is 0. The molecule has 2 aromatic rings. The number of carbonyl (C=O) groups excluding carboxylic acids is 1. The van der Waals surface area contributed by atoms with Gasteiger partial charge in [0.25, 0.3) is 0 Å². The SMILES string of the molecule is Cc1c2c(cc3c1O/C(=C\c1cccnc1)C3=O)CN(CCN1CCOCC1)CO2. The number of pyridine rings is 1. The molecule has 4 heterocycles. The zero-order valence-electron chi connectivity index (χ0n) is 17.1. The van der Waals surface area contributed by atoms with Crippen molar-refractivity contribution in [2.75, 3.05) is 46.1 Å². The molecule has 7 nitrogen and oxygen atoms in total. The lowest BCUT2D eigenvalue weighted by Gasteiger charge is -2.33. The Morgan fingerprint density at radius 1 is 1.17 bits per heavy atom. The van der Waals surface area contributed by atoms with Crippen molar-refractivity contribution in [1.29, 1.82) is 0 Å². The number of aromatic nitrogens is 1. The van der Waals surface area contributed by atoms with Gasteiger partial charge in [0.15, 0.2) is 5.76 Å². The summed E-state index contributed by atoms with van der Waals surface area (Å²) < 4.78 is 17.4. The Hall–Kier alpha value is -2.74. The second-order valence-corrected chi connectivity index (χ2v) is 7.87. The van der Waals surface area contributed by atoms with E-state index in [1.54, 1.807) is 18.5 Å². The molecule has 0 bridgehead atoms. The fraction of sp³-hybridized carbons (Fsp3) is 0.391. The molecule has 0 N–H and O–H groups in total. The van der Waals surface area contributed by atoms with Gasteiger partial charge in [-0.25, -0.2) is 0 Å². The minimum Gasteiger partial charge on any atom is -0.477 e. The Morgan fingerprint density at radius 2 is 2.00 bits per heavy atom. The molecular weight excluding hydrogens is 382 g/mol. The first-order valence-electron chi connectivity index (χ1n) is 10.3. The second-order valence-electron chi connectivity index (χ2n) is 7.87. The van der Waals surface area contributed by atoms with Crippen LogP contribution in [0.1, 0.15) is 27.0 Å². The van der Waals surface area contributed by atoms with Crippen LogP contribution in [0, 0.1) is 6.92 Å². The fourth-order valence-corrected chi connectivity index (χ4v) is 4.16. The van der Waals surface area contributed by atoms with Gasteiger partial charge in [-0.3, -0.25) is 19.6 Å². The lowest BCUT2D eigenvalue weighted by Crippen LogP contribution is -2.43. The smallest absolute Gasteiger partial charge is 0.231 e. The van der Waals surface area contributed by atoms with Gasteiger partial charge in [0, 0.05) is 56.2 Å². The summed E-state index contributed by atoms with van der Waals surface area (Å²) in [6, 6.07) is 5.67. The number of hydrogen-bond acceptors (Lipinski definition) is 7. The quantitative estimate of drug-likeness (QED) is 0.722. The van der Waals surface area contributed by atoms with Gasteiger partial charge in [-0.05, 0) is 30.7 Å². The van der Waals surface area contributed by atoms with Gasteiger partial charge >= 0.3 is 0 Å². The van der Waals surface area contributed by atoms with Crippen LogP contribution in [0.15, 0.2) is 36.4 Å². The number of rotatable bonds is 4. The summed E-state index contributed by atoms with van der Waals surface area (Å²) in [6.07, 6.45) is 5.15. The molecule has 5 rings (SSSR count). The largest absolute Gasteiger partial charge is 0.477 e. The second kappa shape index (κ2) is 8.18. The highest BCUT2D eigenvalue weighted by molar-refractivity contribution is 6.15. The Labute approximate surface area is 175 Å². The highest BCUT2D eigenvalue weighted by Crippen LogP contribution is 2.43. The van der Waals surface area contributed by atoms with Gasteiger partial charge < -0.3 is 14.2 Å². The maximum absolute atomic E-state index is 13.0. The molecule has 3 aliphatic heterocycles. The van der Waals surface area contributed by atoms with Crippen molar-refractivity contribution in [3.63, 3.8) is 0 Å². The topological polar surface area (TPSA) is 64.1 Å². The molecule has 1 aromatic heterocycles. The van der Waals surface area contributed by atoms with E-state index in [-0.39, 0.29) is 5.78 Å². The lowest BCUT2D eigenvalue weighted by molar-refractivity contribution is 0.0239. The average Bonchev–Trinajstić information content (AvgIpc) is 3.09. The monoisotopic (exact) mass is 407 g/mol. The molecule has 0 unspecified atom stereocenters. The van der Waals surface area contributed by atoms with Crippen LogP contribution < -0.4 is 9.47 Å². The third kappa shape index (κ3) is 3.71. The molecular formula is C23H25N3O4.